The van der Waals surface area contributed by atoms with Crippen LogP contribution in [-0.2, 0) is 9.53 Å². The predicted octanol–water partition coefficient (Wildman–Crippen LogP) is -1.23. The van der Waals surface area contributed by atoms with Crippen LogP contribution in [0.5, 0.6) is 0 Å². The minimum absolute atomic E-state index is 0.0550. The van der Waals surface area contributed by atoms with E-state index in [1.807, 2.05) is 0 Å². The summed E-state index contributed by atoms with van der Waals surface area (Å²) in [5.74, 6) is -0.252. The van der Waals surface area contributed by atoms with Crippen LogP contribution in [0.4, 0.5) is 0 Å². The molecule has 0 aromatic heterocycles. The fraction of sp³-hybridized carbons (Fsp3) is 0.889. The first-order valence-electron chi connectivity index (χ1n) is 4.93. The number of nitrogens with two attached hydrogens (primary N) is 2. The van der Waals surface area contributed by atoms with Crippen molar-refractivity contribution in [3.05, 3.63) is 0 Å². The fourth-order valence-corrected chi connectivity index (χ4v) is 1.93. The molecule has 1 saturated heterocycles. The van der Waals surface area contributed by atoms with Gasteiger partial charge in [0, 0.05) is 32.2 Å². The van der Waals surface area contributed by atoms with Gasteiger partial charge in [0.2, 0.25) is 0 Å². The summed E-state index contributed by atoms with van der Waals surface area (Å²) in [6, 6.07) is 0.0550. The van der Waals surface area contributed by atoms with Crippen LogP contribution in [-0.4, -0.2) is 50.2 Å². The third kappa shape index (κ3) is 2.94. The molecule has 2 unspecified atom stereocenters. The van der Waals surface area contributed by atoms with Crippen LogP contribution >= 0.6 is 0 Å². The number of piperidine rings is 1. The zero-order chi connectivity index (χ0) is 10.6. The van der Waals surface area contributed by atoms with Gasteiger partial charge in [-0.3, -0.25) is 9.69 Å². The predicted molar refractivity (Wildman–Crippen MR) is 53.6 cm³/mol. The van der Waals surface area contributed by atoms with Crippen molar-refractivity contribution in [1.82, 2.24) is 4.90 Å². The van der Waals surface area contributed by atoms with Crippen LogP contribution in [0.1, 0.15) is 6.42 Å². The van der Waals surface area contributed by atoms with E-state index in [2.05, 4.69) is 4.90 Å². The number of rotatable bonds is 3. The van der Waals surface area contributed by atoms with Crippen LogP contribution in [0.15, 0.2) is 0 Å². The molecular formula is C9H19N3O2. The Morgan fingerprint density at radius 2 is 2.29 bits per heavy atom. The standard InChI is InChI=1S/C9H19N3O2/c1-14-9(13)7-4-8(11)6-12(5-7)3-2-10/h7-8H,2-6,10-11H2,1H3. The molecule has 1 fully saturated rings. The third-order valence-corrected chi connectivity index (χ3v) is 2.54. The molecule has 14 heavy (non-hydrogen) atoms. The van der Waals surface area contributed by atoms with Crippen molar-refractivity contribution < 1.29 is 9.53 Å². The Hall–Kier alpha value is -0.650. The zero-order valence-electron chi connectivity index (χ0n) is 8.61. The second-order valence-electron chi connectivity index (χ2n) is 3.76. The highest BCUT2D eigenvalue weighted by Crippen LogP contribution is 2.16. The molecule has 5 nitrogen and oxygen atoms in total. The maximum absolute atomic E-state index is 11.3. The summed E-state index contributed by atoms with van der Waals surface area (Å²) in [6.07, 6.45) is 0.716. The van der Waals surface area contributed by atoms with E-state index in [1.54, 1.807) is 0 Å². The molecule has 0 amide bonds. The van der Waals surface area contributed by atoms with Gasteiger partial charge in [-0.1, -0.05) is 0 Å². The Bertz CT molecular complexity index is 198. The van der Waals surface area contributed by atoms with Crippen molar-refractivity contribution >= 4 is 5.97 Å². The van der Waals surface area contributed by atoms with Gasteiger partial charge in [0.15, 0.2) is 0 Å². The number of carbonyl (C=O) groups is 1. The molecule has 0 aliphatic carbocycles. The molecule has 0 saturated carbocycles. The summed E-state index contributed by atoms with van der Waals surface area (Å²) in [5, 5.41) is 0. The Labute approximate surface area is 84.4 Å². The van der Waals surface area contributed by atoms with Crippen LogP contribution in [0, 0.1) is 5.92 Å². The average Bonchev–Trinajstić information content (AvgIpc) is 2.16. The van der Waals surface area contributed by atoms with Crippen LogP contribution in [0.2, 0.25) is 0 Å². The average molecular weight is 201 g/mol. The van der Waals surface area contributed by atoms with E-state index >= 15 is 0 Å². The molecule has 0 aromatic rings. The van der Waals surface area contributed by atoms with Crippen molar-refractivity contribution in [3.8, 4) is 0 Å². The first-order valence-corrected chi connectivity index (χ1v) is 4.93. The van der Waals surface area contributed by atoms with Crippen molar-refractivity contribution in [3.63, 3.8) is 0 Å². The molecule has 4 N–H and O–H groups in total. The van der Waals surface area contributed by atoms with Crippen molar-refractivity contribution in [2.45, 2.75) is 12.5 Å². The molecular weight excluding hydrogens is 182 g/mol. The van der Waals surface area contributed by atoms with Gasteiger partial charge < -0.3 is 16.2 Å². The van der Waals surface area contributed by atoms with E-state index in [0.717, 1.165) is 19.6 Å². The SMILES string of the molecule is COC(=O)C1CC(N)CN(CCN)C1. The van der Waals surface area contributed by atoms with E-state index in [4.69, 9.17) is 16.2 Å². The minimum Gasteiger partial charge on any atom is -0.469 e. The quantitative estimate of drug-likeness (QED) is 0.559. The summed E-state index contributed by atoms with van der Waals surface area (Å²) >= 11 is 0. The first-order chi connectivity index (χ1) is 6.67. The number of hydrogen-bond donors (Lipinski definition) is 2. The molecule has 0 spiro atoms. The molecule has 82 valence electrons. The molecule has 0 aromatic carbocycles. The van der Waals surface area contributed by atoms with Crippen molar-refractivity contribution in [2.24, 2.45) is 17.4 Å². The third-order valence-electron chi connectivity index (χ3n) is 2.54. The van der Waals surface area contributed by atoms with E-state index in [1.165, 1.54) is 7.11 Å². The molecule has 1 aliphatic heterocycles. The van der Waals surface area contributed by atoms with Gasteiger partial charge in [0.05, 0.1) is 13.0 Å². The van der Waals surface area contributed by atoms with E-state index in [9.17, 15) is 4.79 Å². The zero-order valence-corrected chi connectivity index (χ0v) is 8.61. The van der Waals surface area contributed by atoms with Gasteiger partial charge in [-0.15, -0.1) is 0 Å². The molecule has 1 rings (SSSR count). The Balaban J connectivity index is 2.49. The monoisotopic (exact) mass is 201 g/mol. The van der Waals surface area contributed by atoms with Crippen LogP contribution < -0.4 is 11.5 Å². The maximum atomic E-state index is 11.3. The lowest BCUT2D eigenvalue weighted by molar-refractivity contribution is -0.147. The second-order valence-corrected chi connectivity index (χ2v) is 3.76. The van der Waals surface area contributed by atoms with Gasteiger partial charge >= 0.3 is 5.97 Å². The molecule has 0 bridgehead atoms. The lowest BCUT2D eigenvalue weighted by Crippen LogP contribution is -2.50. The smallest absolute Gasteiger partial charge is 0.310 e. The van der Waals surface area contributed by atoms with Crippen LogP contribution in [0.3, 0.4) is 0 Å². The summed E-state index contributed by atoms with van der Waals surface area (Å²) in [7, 11) is 1.41. The van der Waals surface area contributed by atoms with Gasteiger partial charge in [-0.25, -0.2) is 0 Å². The van der Waals surface area contributed by atoms with Gasteiger partial charge in [0.1, 0.15) is 0 Å². The number of likely N-dealkylation sites (tertiary alicyclic amines) is 1. The largest absolute Gasteiger partial charge is 0.469 e. The molecule has 5 heteroatoms. The molecule has 1 aliphatic rings. The number of esters is 1. The lowest BCUT2D eigenvalue weighted by atomic mass is 9.95. The first kappa shape index (κ1) is 11.4. The van der Waals surface area contributed by atoms with Gasteiger partial charge in [-0.2, -0.15) is 0 Å². The van der Waals surface area contributed by atoms with Crippen LogP contribution in [0.25, 0.3) is 0 Å². The highest BCUT2D eigenvalue weighted by molar-refractivity contribution is 5.72. The maximum Gasteiger partial charge on any atom is 0.310 e. The van der Waals surface area contributed by atoms with Crippen molar-refractivity contribution in [1.29, 1.82) is 0 Å². The molecule has 1 heterocycles. The number of carbonyl (C=O) groups excluding carboxylic acids is 1. The summed E-state index contributed by atoms with van der Waals surface area (Å²) in [4.78, 5) is 13.4. The van der Waals surface area contributed by atoms with E-state index in [0.29, 0.717) is 13.0 Å². The fourth-order valence-electron chi connectivity index (χ4n) is 1.93. The number of hydrogen-bond acceptors (Lipinski definition) is 5. The van der Waals surface area contributed by atoms with Gasteiger partial charge in [0.25, 0.3) is 0 Å². The number of methoxy groups -OCH3 is 1. The highest BCUT2D eigenvalue weighted by Gasteiger charge is 2.29. The van der Waals surface area contributed by atoms with E-state index < -0.39 is 0 Å². The molecule has 2 atom stereocenters. The lowest BCUT2D eigenvalue weighted by Gasteiger charge is -2.34. The minimum atomic E-state index is -0.165. The number of ether oxygens (including phenoxy) is 1. The second kappa shape index (κ2) is 5.29. The topological polar surface area (TPSA) is 81.6 Å². The van der Waals surface area contributed by atoms with Crippen molar-refractivity contribution in [2.75, 3.05) is 33.3 Å². The summed E-state index contributed by atoms with van der Waals surface area (Å²) < 4.78 is 4.71. The number of nitrogens with zero attached hydrogens (tertiary/aromatic N) is 1. The Morgan fingerprint density at radius 3 is 2.86 bits per heavy atom. The summed E-state index contributed by atoms with van der Waals surface area (Å²) in [5.41, 5.74) is 11.3. The Morgan fingerprint density at radius 1 is 1.57 bits per heavy atom. The van der Waals surface area contributed by atoms with Gasteiger partial charge in [-0.05, 0) is 6.42 Å². The normalized spacial score (nSPS) is 28.8. The molecule has 0 radical (unpaired) electrons. The summed E-state index contributed by atoms with van der Waals surface area (Å²) in [6.45, 7) is 2.93. The highest BCUT2D eigenvalue weighted by atomic mass is 16.5. The Kier molecular flexibility index (Phi) is 4.31. The van der Waals surface area contributed by atoms with E-state index in [-0.39, 0.29) is 17.9 Å².